The molecule has 1 aromatic carbocycles. The van der Waals surface area contributed by atoms with E-state index in [2.05, 4.69) is 40.1 Å². The second kappa shape index (κ2) is 5.39. The molecule has 1 heterocycles. The average molecular weight is 312 g/mol. The Morgan fingerprint density at radius 1 is 1.39 bits per heavy atom. The SMILES string of the molecule is COC(C)(C)CC(C)Nc1cccc2n[se]nc12. The monoisotopic (exact) mass is 313 g/mol. The topological polar surface area (TPSA) is 47.0 Å². The Morgan fingerprint density at radius 3 is 2.89 bits per heavy atom. The Hall–Kier alpha value is -0.901. The molecule has 18 heavy (non-hydrogen) atoms. The van der Waals surface area contributed by atoms with Gasteiger partial charge in [0, 0.05) is 0 Å². The van der Waals surface area contributed by atoms with Gasteiger partial charge in [0.2, 0.25) is 0 Å². The van der Waals surface area contributed by atoms with Crippen molar-refractivity contribution in [1.82, 2.24) is 7.96 Å². The second-order valence-corrected chi connectivity index (χ2v) is 6.26. The summed E-state index contributed by atoms with van der Waals surface area (Å²) in [7, 11) is 1.75. The fraction of sp³-hybridized carbons (Fsp3) is 0.538. The molecule has 0 amide bonds. The molecule has 5 heteroatoms. The van der Waals surface area contributed by atoms with E-state index in [1.54, 1.807) is 7.11 Å². The number of fused-ring (bicyclic) bond motifs is 1. The van der Waals surface area contributed by atoms with Crippen molar-refractivity contribution < 1.29 is 4.74 Å². The number of anilines is 1. The number of benzene rings is 1. The van der Waals surface area contributed by atoms with Gasteiger partial charge in [-0.3, -0.25) is 0 Å². The average Bonchev–Trinajstić information content (AvgIpc) is 2.77. The summed E-state index contributed by atoms with van der Waals surface area (Å²) in [6, 6.07) is 6.43. The van der Waals surface area contributed by atoms with Crippen molar-refractivity contribution in [3.05, 3.63) is 18.2 Å². The third-order valence-electron chi connectivity index (χ3n) is 3.04. The normalized spacial score (nSPS) is 13.8. The maximum absolute atomic E-state index is 5.46. The fourth-order valence-electron chi connectivity index (χ4n) is 2.06. The standard InChI is InChI=1S/C13H19N3OSe/c1-9(8-13(2,3)17-4)14-10-6-5-7-11-12(10)16-18-15-11/h5-7,9,14H,8H2,1-4H3. The summed E-state index contributed by atoms with van der Waals surface area (Å²) < 4.78 is 14.3. The van der Waals surface area contributed by atoms with E-state index < -0.39 is 0 Å². The van der Waals surface area contributed by atoms with Crippen LogP contribution in [0.1, 0.15) is 27.2 Å². The van der Waals surface area contributed by atoms with Gasteiger partial charge in [-0.05, 0) is 0 Å². The molecular weight excluding hydrogens is 293 g/mol. The van der Waals surface area contributed by atoms with Gasteiger partial charge in [0.05, 0.1) is 0 Å². The van der Waals surface area contributed by atoms with Crippen LogP contribution in [0.3, 0.4) is 0 Å². The molecular formula is C13H19N3OSe. The van der Waals surface area contributed by atoms with E-state index in [0.29, 0.717) is 6.04 Å². The number of aromatic nitrogens is 2. The second-order valence-electron chi connectivity index (χ2n) is 5.15. The van der Waals surface area contributed by atoms with Gasteiger partial charge >= 0.3 is 114 Å². The van der Waals surface area contributed by atoms with Crippen LogP contribution in [-0.4, -0.2) is 41.7 Å². The van der Waals surface area contributed by atoms with E-state index in [4.69, 9.17) is 4.74 Å². The van der Waals surface area contributed by atoms with Crippen LogP contribution in [0.4, 0.5) is 5.69 Å². The van der Waals surface area contributed by atoms with Crippen molar-refractivity contribution in [2.75, 3.05) is 12.4 Å². The Labute approximate surface area is 114 Å². The van der Waals surface area contributed by atoms with Gasteiger partial charge in [-0.15, -0.1) is 0 Å². The van der Waals surface area contributed by atoms with Crippen LogP contribution < -0.4 is 5.32 Å². The Morgan fingerprint density at radius 2 is 2.17 bits per heavy atom. The molecule has 2 rings (SSSR count). The van der Waals surface area contributed by atoms with Crippen LogP contribution in [0.5, 0.6) is 0 Å². The van der Waals surface area contributed by atoms with E-state index in [1.807, 2.05) is 12.1 Å². The van der Waals surface area contributed by atoms with Crippen LogP contribution in [0.15, 0.2) is 18.2 Å². The number of hydrogen-bond donors (Lipinski definition) is 1. The van der Waals surface area contributed by atoms with Crippen molar-refractivity contribution >= 4 is 31.7 Å². The number of ether oxygens (including phenoxy) is 1. The molecule has 1 aromatic heterocycles. The molecule has 4 nitrogen and oxygen atoms in total. The zero-order chi connectivity index (χ0) is 13.2. The summed E-state index contributed by atoms with van der Waals surface area (Å²) in [6.07, 6.45) is 0.940. The van der Waals surface area contributed by atoms with Gasteiger partial charge in [-0.2, -0.15) is 0 Å². The van der Waals surface area contributed by atoms with Crippen molar-refractivity contribution in [1.29, 1.82) is 0 Å². The molecule has 0 fully saturated rings. The van der Waals surface area contributed by atoms with Gasteiger partial charge in [-0.1, -0.05) is 0 Å². The molecule has 1 N–H and O–H groups in total. The molecule has 0 spiro atoms. The van der Waals surface area contributed by atoms with Gasteiger partial charge in [0.1, 0.15) is 0 Å². The van der Waals surface area contributed by atoms with Crippen LogP contribution in [0.2, 0.25) is 0 Å². The molecule has 1 atom stereocenters. The van der Waals surface area contributed by atoms with E-state index >= 15 is 0 Å². The first kappa shape index (κ1) is 13.5. The molecule has 0 bridgehead atoms. The van der Waals surface area contributed by atoms with Gasteiger partial charge in [0.15, 0.2) is 0 Å². The van der Waals surface area contributed by atoms with Crippen LogP contribution >= 0.6 is 0 Å². The first-order valence-corrected chi connectivity index (χ1v) is 7.58. The van der Waals surface area contributed by atoms with Crippen molar-refractivity contribution in [2.45, 2.75) is 38.8 Å². The first-order chi connectivity index (χ1) is 8.52. The number of nitrogens with zero attached hydrogens (tertiary/aromatic N) is 2. The third-order valence-corrected chi connectivity index (χ3v) is 4.18. The third kappa shape index (κ3) is 3.10. The molecule has 0 aliphatic heterocycles. The fourth-order valence-corrected chi connectivity index (χ4v) is 3.21. The summed E-state index contributed by atoms with van der Waals surface area (Å²) in [6.45, 7) is 6.37. The molecule has 0 aliphatic rings. The first-order valence-electron chi connectivity index (χ1n) is 6.05. The van der Waals surface area contributed by atoms with Gasteiger partial charge in [0.25, 0.3) is 0 Å². The number of hydrogen-bond acceptors (Lipinski definition) is 4. The van der Waals surface area contributed by atoms with E-state index in [1.165, 1.54) is 0 Å². The Bertz CT molecular complexity index is 524. The van der Waals surface area contributed by atoms with Gasteiger partial charge in [-0.25, -0.2) is 0 Å². The Balaban J connectivity index is 2.11. The summed E-state index contributed by atoms with van der Waals surface area (Å²) in [4.78, 5) is 0. The summed E-state index contributed by atoms with van der Waals surface area (Å²) >= 11 is 0.0230. The predicted molar refractivity (Wildman–Crippen MR) is 75.3 cm³/mol. The molecule has 0 radical (unpaired) electrons. The summed E-state index contributed by atoms with van der Waals surface area (Å²) in [5, 5.41) is 3.51. The predicted octanol–water partition coefficient (Wildman–Crippen LogP) is 2.30. The quantitative estimate of drug-likeness (QED) is 0.861. The van der Waals surface area contributed by atoms with E-state index in [9.17, 15) is 0 Å². The minimum absolute atomic E-state index is 0.0230. The molecule has 0 aliphatic carbocycles. The molecule has 0 saturated carbocycles. The van der Waals surface area contributed by atoms with Crippen molar-refractivity contribution in [3.8, 4) is 0 Å². The molecule has 0 saturated heterocycles. The van der Waals surface area contributed by atoms with Crippen LogP contribution in [0.25, 0.3) is 11.0 Å². The molecule has 1 unspecified atom stereocenters. The van der Waals surface area contributed by atoms with Crippen molar-refractivity contribution in [3.63, 3.8) is 0 Å². The van der Waals surface area contributed by atoms with Crippen LogP contribution in [0, 0.1) is 0 Å². The maximum atomic E-state index is 5.46. The molecule has 98 valence electrons. The minimum atomic E-state index is -0.115. The zero-order valence-corrected chi connectivity index (χ0v) is 12.9. The Kier molecular flexibility index (Phi) is 4.05. The number of nitrogens with one attached hydrogen (secondary N) is 1. The molecule has 2 aromatic rings. The van der Waals surface area contributed by atoms with Gasteiger partial charge < -0.3 is 0 Å². The summed E-state index contributed by atoms with van der Waals surface area (Å²) in [5.41, 5.74) is 2.99. The van der Waals surface area contributed by atoms with E-state index in [0.717, 1.165) is 23.1 Å². The zero-order valence-electron chi connectivity index (χ0n) is 11.2. The van der Waals surface area contributed by atoms with Crippen LogP contribution in [-0.2, 0) is 4.74 Å². The number of rotatable bonds is 5. The van der Waals surface area contributed by atoms with E-state index in [-0.39, 0.29) is 20.6 Å². The summed E-state index contributed by atoms with van der Waals surface area (Å²) in [5.74, 6) is 0. The number of methoxy groups -OCH3 is 1. The van der Waals surface area contributed by atoms with Crippen molar-refractivity contribution in [2.24, 2.45) is 0 Å².